The number of nitrogens with one attached hydrogen (secondary N) is 2. The molecule has 0 amide bonds. The summed E-state index contributed by atoms with van der Waals surface area (Å²) in [5.74, 6) is 0.959. The lowest BCUT2D eigenvalue weighted by Crippen LogP contribution is -1.99. The van der Waals surface area contributed by atoms with E-state index in [1.807, 2.05) is 25.1 Å². The van der Waals surface area contributed by atoms with Gasteiger partial charge in [-0.15, -0.1) is 0 Å². The van der Waals surface area contributed by atoms with Gasteiger partial charge in [0.15, 0.2) is 0 Å². The van der Waals surface area contributed by atoms with Gasteiger partial charge in [-0.2, -0.15) is 0 Å². The Morgan fingerprint density at radius 1 is 0.913 bits per heavy atom. The van der Waals surface area contributed by atoms with Crippen LogP contribution in [0.1, 0.15) is 5.56 Å². The van der Waals surface area contributed by atoms with Gasteiger partial charge in [0.1, 0.15) is 23.8 Å². The number of hydrogen-bond donors (Lipinski definition) is 2. The largest absolute Gasteiger partial charge is 0.340 e. The molecule has 1 aromatic heterocycles. The molecule has 23 heavy (non-hydrogen) atoms. The Balaban J connectivity index is 1.79. The molecule has 6 heteroatoms. The second-order valence-electron chi connectivity index (χ2n) is 5.00. The van der Waals surface area contributed by atoms with Crippen LogP contribution < -0.4 is 10.6 Å². The van der Waals surface area contributed by atoms with Crippen LogP contribution in [0.15, 0.2) is 54.9 Å². The number of benzene rings is 2. The van der Waals surface area contributed by atoms with Gasteiger partial charge in [0.25, 0.3) is 0 Å². The van der Waals surface area contributed by atoms with Crippen LogP contribution in [0.3, 0.4) is 0 Å². The number of anilines is 4. The molecule has 0 saturated carbocycles. The molecule has 0 aliphatic rings. The van der Waals surface area contributed by atoms with Gasteiger partial charge >= 0.3 is 0 Å². The van der Waals surface area contributed by atoms with Crippen LogP contribution in [0.4, 0.5) is 27.4 Å². The monoisotopic (exact) mass is 328 g/mol. The molecule has 0 fully saturated rings. The van der Waals surface area contributed by atoms with Gasteiger partial charge in [0.05, 0.1) is 0 Å². The van der Waals surface area contributed by atoms with Gasteiger partial charge < -0.3 is 10.6 Å². The van der Waals surface area contributed by atoms with Gasteiger partial charge in [-0.25, -0.2) is 14.4 Å². The molecule has 2 aromatic carbocycles. The molecule has 0 aliphatic heterocycles. The van der Waals surface area contributed by atoms with Crippen molar-refractivity contribution < 1.29 is 4.39 Å². The Morgan fingerprint density at radius 3 is 2.35 bits per heavy atom. The third-order valence-corrected chi connectivity index (χ3v) is 3.48. The molecule has 0 aliphatic carbocycles. The number of aryl methyl sites for hydroxylation is 1. The third kappa shape index (κ3) is 3.96. The zero-order chi connectivity index (χ0) is 16.2. The Kier molecular flexibility index (Phi) is 4.39. The van der Waals surface area contributed by atoms with Crippen molar-refractivity contribution >= 4 is 34.6 Å². The van der Waals surface area contributed by atoms with Crippen molar-refractivity contribution in [2.75, 3.05) is 10.6 Å². The minimum Gasteiger partial charge on any atom is -0.340 e. The molecule has 0 atom stereocenters. The van der Waals surface area contributed by atoms with Crippen molar-refractivity contribution in [1.82, 2.24) is 9.97 Å². The highest BCUT2D eigenvalue weighted by molar-refractivity contribution is 6.30. The van der Waals surface area contributed by atoms with Gasteiger partial charge in [0.2, 0.25) is 0 Å². The molecular formula is C17H14ClFN4. The average molecular weight is 329 g/mol. The lowest BCUT2D eigenvalue weighted by Gasteiger charge is -2.11. The summed E-state index contributed by atoms with van der Waals surface area (Å²) in [6.07, 6.45) is 1.45. The van der Waals surface area contributed by atoms with Crippen molar-refractivity contribution in [1.29, 1.82) is 0 Å². The standard InChI is InChI=1S/C17H14ClFN4/c1-11-2-3-12(18)8-15(11)23-17-9-16(20-10-21-17)22-14-6-4-13(19)5-7-14/h2-10H,1H3,(H2,20,21,22,23). The number of halogens is 2. The van der Waals surface area contributed by atoms with Crippen LogP contribution in [0.25, 0.3) is 0 Å². The fourth-order valence-electron chi connectivity index (χ4n) is 2.04. The van der Waals surface area contributed by atoms with Crippen LogP contribution in [-0.4, -0.2) is 9.97 Å². The Labute approximate surface area is 138 Å². The van der Waals surface area contributed by atoms with E-state index in [4.69, 9.17) is 11.6 Å². The van der Waals surface area contributed by atoms with Crippen molar-refractivity contribution in [2.45, 2.75) is 6.92 Å². The molecule has 4 nitrogen and oxygen atoms in total. The van der Waals surface area contributed by atoms with E-state index >= 15 is 0 Å². The predicted octanol–water partition coefficient (Wildman–Crippen LogP) is 5.06. The van der Waals surface area contributed by atoms with E-state index in [-0.39, 0.29) is 5.82 Å². The normalized spacial score (nSPS) is 10.4. The van der Waals surface area contributed by atoms with E-state index < -0.39 is 0 Å². The molecule has 2 N–H and O–H groups in total. The van der Waals surface area contributed by atoms with Gasteiger partial charge in [0, 0.05) is 22.5 Å². The fourth-order valence-corrected chi connectivity index (χ4v) is 2.21. The van der Waals surface area contributed by atoms with Crippen LogP contribution in [0, 0.1) is 12.7 Å². The predicted molar refractivity (Wildman–Crippen MR) is 91.2 cm³/mol. The van der Waals surface area contributed by atoms with E-state index in [9.17, 15) is 4.39 Å². The molecule has 3 rings (SSSR count). The topological polar surface area (TPSA) is 49.8 Å². The molecular weight excluding hydrogens is 315 g/mol. The second kappa shape index (κ2) is 6.62. The lowest BCUT2D eigenvalue weighted by molar-refractivity contribution is 0.628. The maximum Gasteiger partial charge on any atom is 0.135 e. The molecule has 3 aromatic rings. The molecule has 1 heterocycles. The highest BCUT2D eigenvalue weighted by atomic mass is 35.5. The first kappa shape index (κ1) is 15.2. The first-order chi connectivity index (χ1) is 11.1. The van der Waals surface area contributed by atoms with Crippen molar-refractivity contribution in [3.8, 4) is 0 Å². The summed E-state index contributed by atoms with van der Waals surface area (Å²) in [5, 5.41) is 6.96. The zero-order valence-electron chi connectivity index (χ0n) is 12.3. The first-order valence-electron chi connectivity index (χ1n) is 6.98. The molecule has 0 unspecified atom stereocenters. The number of nitrogens with zero attached hydrogens (tertiary/aromatic N) is 2. The average Bonchev–Trinajstić information content (AvgIpc) is 2.54. The molecule has 0 bridgehead atoms. The summed E-state index contributed by atoms with van der Waals surface area (Å²) in [7, 11) is 0. The summed E-state index contributed by atoms with van der Waals surface area (Å²) in [5.41, 5.74) is 2.68. The fraction of sp³-hybridized carbons (Fsp3) is 0.0588. The van der Waals surface area contributed by atoms with E-state index in [1.165, 1.54) is 18.5 Å². The highest BCUT2D eigenvalue weighted by Crippen LogP contribution is 2.24. The van der Waals surface area contributed by atoms with E-state index in [0.717, 1.165) is 16.9 Å². The highest BCUT2D eigenvalue weighted by Gasteiger charge is 2.04. The van der Waals surface area contributed by atoms with E-state index in [2.05, 4.69) is 20.6 Å². The maximum atomic E-state index is 12.9. The smallest absolute Gasteiger partial charge is 0.135 e. The minimum atomic E-state index is -0.281. The third-order valence-electron chi connectivity index (χ3n) is 3.25. The van der Waals surface area contributed by atoms with Gasteiger partial charge in [-0.05, 0) is 48.9 Å². The second-order valence-corrected chi connectivity index (χ2v) is 5.44. The van der Waals surface area contributed by atoms with Crippen molar-refractivity contribution in [3.63, 3.8) is 0 Å². The van der Waals surface area contributed by atoms with E-state index in [0.29, 0.717) is 16.7 Å². The van der Waals surface area contributed by atoms with Gasteiger partial charge in [-0.1, -0.05) is 17.7 Å². The molecule has 0 spiro atoms. The van der Waals surface area contributed by atoms with E-state index in [1.54, 1.807) is 18.2 Å². The Hall–Kier alpha value is -2.66. The summed E-state index contributed by atoms with van der Waals surface area (Å²) >= 11 is 6.02. The SMILES string of the molecule is Cc1ccc(Cl)cc1Nc1cc(Nc2ccc(F)cc2)ncn1. The number of aromatic nitrogens is 2. The molecule has 116 valence electrons. The van der Waals surface area contributed by atoms with Crippen LogP contribution in [0.5, 0.6) is 0 Å². The lowest BCUT2D eigenvalue weighted by atomic mass is 10.2. The number of hydrogen-bond acceptors (Lipinski definition) is 4. The van der Waals surface area contributed by atoms with Crippen molar-refractivity contribution in [3.05, 3.63) is 71.3 Å². The minimum absolute atomic E-state index is 0.281. The maximum absolute atomic E-state index is 12.9. The summed E-state index contributed by atoms with van der Waals surface area (Å²) in [4.78, 5) is 8.35. The molecule has 0 saturated heterocycles. The Morgan fingerprint density at radius 2 is 1.61 bits per heavy atom. The van der Waals surface area contributed by atoms with Crippen molar-refractivity contribution in [2.24, 2.45) is 0 Å². The van der Waals surface area contributed by atoms with Gasteiger partial charge in [-0.3, -0.25) is 0 Å². The first-order valence-corrected chi connectivity index (χ1v) is 7.36. The summed E-state index contributed by atoms with van der Waals surface area (Å²) < 4.78 is 12.9. The molecule has 0 radical (unpaired) electrons. The quantitative estimate of drug-likeness (QED) is 0.702. The van der Waals surface area contributed by atoms with Crippen LogP contribution in [-0.2, 0) is 0 Å². The van der Waals surface area contributed by atoms with Crippen LogP contribution >= 0.6 is 11.6 Å². The summed E-state index contributed by atoms with van der Waals surface area (Å²) in [6, 6.07) is 13.4. The number of rotatable bonds is 4. The Bertz CT molecular complexity index is 821. The summed E-state index contributed by atoms with van der Waals surface area (Å²) in [6.45, 7) is 1.98. The van der Waals surface area contributed by atoms with Crippen LogP contribution in [0.2, 0.25) is 5.02 Å². The zero-order valence-corrected chi connectivity index (χ0v) is 13.1.